The molecule has 0 aliphatic heterocycles. The first-order valence-electron chi connectivity index (χ1n) is 7.77. The summed E-state index contributed by atoms with van der Waals surface area (Å²) in [6.07, 6.45) is 8.45. The summed E-state index contributed by atoms with van der Waals surface area (Å²) < 4.78 is 15.8. The molecule has 0 saturated heterocycles. The molecule has 1 saturated carbocycles. The Hall–Kier alpha value is -1.84. The summed E-state index contributed by atoms with van der Waals surface area (Å²) in [5.41, 5.74) is 2.45. The second-order valence-electron chi connectivity index (χ2n) is 5.86. The molecule has 1 N–H and O–H groups in total. The van der Waals surface area contributed by atoms with E-state index in [1.54, 1.807) is 6.07 Å². The number of aromatic nitrogens is 2. The summed E-state index contributed by atoms with van der Waals surface area (Å²) in [7, 11) is 0. The number of anilines is 1. The molecule has 112 valence electrons. The number of para-hydroxylation sites is 1. The fraction of sp³-hybridized carbons (Fsp3) is 0.471. The molecule has 21 heavy (non-hydrogen) atoms. The number of nitrogens with one attached hydrogen (secondary N) is 1. The molecular formula is C17H22FN3. The number of aryl methyl sites for hydroxylation is 1. The van der Waals surface area contributed by atoms with Crippen LogP contribution in [0.2, 0.25) is 0 Å². The van der Waals surface area contributed by atoms with Gasteiger partial charge >= 0.3 is 0 Å². The molecule has 4 heteroatoms. The molecule has 0 radical (unpaired) electrons. The van der Waals surface area contributed by atoms with Gasteiger partial charge in [0.2, 0.25) is 0 Å². The monoisotopic (exact) mass is 287 g/mol. The molecule has 1 aromatic heterocycles. The maximum absolute atomic E-state index is 13.8. The van der Waals surface area contributed by atoms with E-state index in [0.29, 0.717) is 18.3 Å². The van der Waals surface area contributed by atoms with E-state index in [-0.39, 0.29) is 5.82 Å². The Labute approximate surface area is 125 Å². The standard InChI is InChI=1S/C17H22FN3/c1-13-6-5-9-16(18)17(13)19-12-14-10-11-21(20-14)15-7-3-2-4-8-15/h5-6,9-11,15,19H,2-4,7-8,12H2,1H3. The molecule has 0 amide bonds. The minimum absolute atomic E-state index is 0.207. The van der Waals surface area contributed by atoms with Crippen molar-refractivity contribution in [1.82, 2.24) is 9.78 Å². The van der Waals surface area contributed by atoms with Gasteiger partial charge in [0.25, 0.3) is 0 Å². The summed E-state index contributed by atoms with van der Waals surface area (Å²) >= 11 is 0. The Bertz CT molecular complexity index is 580. The van der Waals surface area contributed by atoms with Crippen molar-refractivity contribution in [3.05, 3.63) is 47.5 Å². The lowest BCUT2D eigenvalue weighted by atomic mass is 9.96. The number of hydrogen-bond donors (Lipinski definition) is 1. The van der Waals surface area contributed by atoms with Gasteiger partial charge in [-0.1, -0.05) is 31.4 Å². The molecule has 3 nitrogen and oxygen atoms in total. The number of rotatable bonds is 4. The largest absolute Gasteiger partial charge is 0.377 e. The number of benzene rings is 1. The Kier molecular flexibility index (Phi) is 4.23. The highest BCUT2D eigenvalue weighted by atomic mass is 19.1. The predicted molar refractivity (Wildman–Crippen MR) is 82.8 cm³/mol. The second-order valence-corrected chi connectivity index (χ2v) is 5.86. The molecule has 0 bridgehead atoms. The third kappa shape index (κ3) is 3.26. The number of nitrogens with zero attached hydrogens (tertiary/aromatic N) is 2. The lowest BCUT2D eigenvalue weighted by Crippen LogP contribution is -2.14. The van der Waals surface area contributed by atoms with Crippen molar-refractivity contribution in [2.24, 2.45) is 0 Å². The molecule has 1 heterocycles. The summed E-state index contributed by atoms with van der Waals surface area (Å²) in [6.45, 7) is 2.47. The van der Waals surface area contributed by atoms with Gasteiger partial charge in [-0.3, -0.25) is 4.68 Å². The second kappa shape index (κ2) is 6.29. The van der Waals surface area contributed by atoms with E-state index in [0.717, 1.165) is 11.3 Å². The first-order chi connectivity index (χ1) is 10.2. The zero-order valence-electron chi connectivity index (χ0n) is 12.5. The average Bonchev–Trinajstić information content (AvgIpc) is 2.97. The van der Waals surface area contributed by atoms with Crippen molar-refractivity contribution in [3.63, 3.8) is 0 Å². The van der Waals surface area contributed by atoms with Crippen LogP contribution in [0.3, 0.4) is 0 Å². The molecular weight excluding hydrogens is 265 g/mol. The number of halogens is 1. The first kappa shape index (κ1) is 14.1. The molecule has 1 aromatic carbocycles. The third-order valence-corrected chi connectivity index (χ3v) is 4.28. The van der Waals surface area contributed by atoms with Crippen LogP contribution in [0, 0.1) is 12.7 Å². The topological polar surface area (TPSA) is 29.9 Å². The van der Waals surface area contributed by atoms with Gasteiger partial charge in [0, 0.05) is 6.20 Å². The van der Waals surface area contributed by atoms with E-state index in [1.165, 1.54) is 38.2 Å². The van der Waals surface area contributed by atoms with Crippen molar-refractivity contribution in [1.29, 1.82) is 0 Å². The summed E-state index contributed by atoms with van der Waals surface area (Å²) in [5.74, 6) is -0.207. The van der Waals surface area contributed by atoms with Gasteiger partial charge in [0.05, 0.1) is 24.0 Å². The van der Waals surface area contributed by atoms with Crippen LogP contribution in [0.25, 0.3) is 0 Å². The van der Waals surface area contributed by atoms with Gasteiger partial charge in [0.15, 0.2) is 0 Å². The molecule has 2 aromatic rings. The van der Waals surface area contributed by atoms with E-state index < -0.39 is 0 Å². The van der Waals surface area contributed by atoms with E-state index in [1.807, 2.05) is 19.1 Å². The summed E-state index contributed by atoms with van der Waals surface area (Å²) in [4.78, 5) is 0. The Balaban J connectivity index is 1.64. The third-order valence-electron chi connectivity index (χ3n) is 4.28. The summed E-state index contributed by atoms with van der Waals surface area (Å²) in [6, 6.07) is 7.69. The van der Waals surface area contributed by atoms with Crippen LogP contribution < -0.4 is 5.32 Å². The SMILES string of the molecule is Cc1cccc(F)c1NCc1ccn(C2CCCCC2)n1. The Morgan fingerprint density at radius 3 is 2.81 bits per heavy atom. The number of hydrogen-bond acceptors (Lipinski definition) is 2. The highest BCUT2D eigenvalue weighted by molar-refractivity contribution is 5.51. The lowest BCUT2D eigenvalue weighted by molar-refractivity contribution is 0.328. The highest BCUT2D eigenvalue weighted by Crippen LogP contribution is 2.27. The predicted octanol–water partition coefficient (Wildman–Crippen LogP) is 4.45. The molecule has 0 unspecified atom stereocenters. The van der Waals surface area contributed by atoms with Crippen LogP contribution >= 0.6 is 0 Å². The average molecular weight is 287 g/mol. The van der Waals surface area contributed by atoms with Gasteiger partial charge in [-0.2, -0.15) is 5.10 Å². The molecule has 0 spiro atoms. The maximum atomic E-state index is 13.8. The van der Waals surface area contributed by atoms with Crippen LogP contribution in [0.5, 0.6) is 0 Å². The molecule has 3 rings (SSSR count). The van der Waals surface area contributed by atoms with Gasteiger partial charge in [0.1, 0.15) is 5.82 Å². The summed E-state index contributed by atoms with van der Waals surface area (Å²) in [5, 5.41) is 7.80. The van der Waals surface area contributed by atoms with E-state index in [4.69, 9.17) is 0 Å². The van der Waals surface area contributed by atoms with Crippen LogP contribution in [0.1, 0.15) is 49.4 Å². The van der Waals surface area contributed by atoms with Gasteiger partial charge in [-0.05, 0) is 37.5 Å². The van der Waals surface area contributed by atoms with Crippen molar-refractivity contribution in [2.45, 2.75) is 51.6 Å². The fourth-order valence-electron chi connectivity index (χ4n) is 3.06. The van der Waals surface area contributed by atoms with Crippen LogP contribution in [-0.2, 0) is 6.54 Å². The molecule has 1 aliphatic rings. The minimum atomic E-state index is -0.207. The maximum Gasteiger partial charge on any atom is 0.146 e. The van der Waals surface area contributed by atoms with Crippen molar-refractivity contribution >= 4 is 5.69 Å². The Morgan fingerprint density at radius 1 is 1.24 bits per heavy atom. The van der Waals surface area contributed by atoms with E-state index >= 15 is 0 Å². The zero-order chi connectivity index (χ0) is 14.7. The van der Waals surface area contributed by atoms with Crippen molar-refractivity contribution in [3.8, 4) is 0 Å². The van der Waals surface area contributed by atoms with Crippen molar-refractivity contribution < 1.29 is 4.39 Å². The quantitative estimate of drug-likeness (QED) is 0.900. The minimum Gasteiger partial charge on any atom is -0.377 e. The van der Waals surface area contributed by atoms with Crippen LogP contribution in [-0.4, -0.2) is 9.78 Å². The van der Waals surface area contributed by atoms with E-state index in [2.05, 4.69) is 21.3 Å². The van der Waals surface area contributed by atoms with E-state index in [9.17, 15) is 4.39 Å². The lowest BCUT2D eigenvalue weighted by Gasteiger charge is -2.21. The highest BCUT2D eigenvalue weighted by Gasteiger charge is 2.16. The Morgan fingerprint density at radius 2 is 2.05 bits per heavy atom. The first-order valence-corrected chi connectivity index (χ1v) is 7.77. The smallest absolute Gasteiger partial charge is 0.146 e. The van der Waals surface area contributed by atoms with Crippen molar-refractivity contribution in [2.75, 3.05) is 5.32 Å². The van der Waals surface area contributed by atoms with Crippen LogP contribution in [0.15, 0.2) is 30.5 Å². The van der Waals surface area contributed by atoms with Gasteiger partial charge in [-0.25, -0.2) is 4.39 Å². The molecule has 1 aliphatic carbocycles. The van der Waals surface area contributed by atoms with Gasteiger partial charge in [-0.15, -0.1) is 0 Å². The fourth-order valence-corrected chi connectivity index (χ4v) is 3.06. The van der Waals surface area contributed by atoms with Crippen LogP contribution in [0.4, 0.5) is 10.1 Å². The van der Waals surface area contributed by atoms with Gasteiger partial charge < -0.3 is 5.32 Å². The molecule has 0 atom stereocenters. The zero-order valence-corrected chi connectivity index (χ0v) is 12.5. The normalized spacial score (nSPS) is 16.1. The molecule has 1 fully saturated rings.